The van der Waals surface area contributed by atoms with E-state index in [1.807, 2.05) is 30.3 Å². The van der Waals surface area contributed by atoms with Crippen molar-refractivity contribution in [3.05, 3.63) is 77.3 Å². The van der Waals surface area contributed by atoms with Crippen LogP contribution in [0.15, 0.2) is 66.7 Å². The molecule has 0 bridgehead atoms. The van der Waals surface area contributed by atoms with E-state index in [1.54, 1.807) is 36.4 Å². The summed E-state index contributed by atoms with van der Waals surface area (Å²) in [6.45, 7) is -0.0675. The summed E-state index contributed by atoms with van der Waals surface area (Å²) in [6, 6.07) is 18.9. The van der Waals surface area contributed by atoms with Crippen LogP contribution in [0.5, 0.6) is 17.2 Å². The molecule has 0 spiro atoms. The number of hydrogen-bond donors (Lipinski definition) is 1. The van der Waals surface area contributed by atoms with Crippen LogP contribution in [-0.2, 0) is 21.4 Å². The van der Waals surface area contributed by atoms with Gasteiger partial charge in [0.1, 0.15) is 17.2 Å². The van der Waals surface area contributed by atoms with Crippen molar-refractivity contribution in [3.63, 3.8) is 0 Å². The van der Waals surface area contributed by atoms with Crippen LogP contribution in [0, 0.1) is 0 Å². The van der Waals surface area contributed by atoms with E-state index >= 15 is 0 Å². The van der Waals surface area contributed by atoms with E-state index in [0.717, 1.165) is 11.8 Å². The van der Waals surface area contributed by atoms with Crippen molar-refractivity contribution in [3.8, 4) is 17.2 Å². The van der Waals surface area contributed by atoms with E-state index < -0.39 is 15.9 Å². The third-order valence-electron chi connectivity index (χ3n) is 4.81. The molecule has 0 atom stereocenters. The van der Waals surface area contributed by atoms with Crippen molar-refractivity contribution < 1.29 is 27.4 Å². The zero-order chi connectivity index (χ0) is 24.7. The molecule has 1 amide bonds. The third-order valence-corrected chi connectivity index (χ3v) is 6.25. The lowest BCUT2D eigenvalue weighted by Crippen LogP contribution is -2.29. The molecule has 0 radical (unpaired) electrons. The summed E-state index contributed by atoms with van der Waals surface area (Å²) in [7, 11) is -0.577. The molecule has 0 saturated heterocycles. The molecule has 3 rings (SSSR count). The van der Waals surface area contributed by atoms with E-state index in [9.17, 15) is 13.2 Å². The van der Waals surface area contributed by atoms with Crippen molar-refractivity contribution in [2.75, 3.05) is 36.7 Å². The first kappa shape index (κ1) is 25.2. The van der Waals surface area contributed by atoms with Gasteiger partial charge < -0.3 is 19.5 Å². The van der Waals surface area contributed by atoms with E-state index in [0.29, 0.717) is 33.6 Å². The van der Waals surface area contributed by atoms with Gasteiger partial charge in [0.15, 0.2) is 6.61 Å². The highest BCUT2D eigenvalue weighted by atomic mass is 35.5. The van der Waals surface area contributed by atoms with Gasteiger partial charge in [-0.05, 0) is 29.8 Å². The molecular weight excluding hydrogens is 480 g/mol. The van der Waals surface area contributed by atoms with E-state index in [1.165, 1.54) is 18.5 Å². The number of carbonyl (C=O) groups is 1. The maximum absolute atomic E-state index is 12.4. The smallest absolute Gasteiger partial charge is 0.262 e. The topological polar surface area (TPSA) is 94.2 Å². The van der Waals surface area contributed by atoms with Gasteiger partial charge in [-0.25, -0.2) is 8.42 Å². The Morgan fingerprint density at radius 3 is 2.21 bits per heavy atom. The maximum atomic E-state index is 12.4. The number of benzene rings is 3. The number of amides is 1. The highest BCUT2D eigenvalue weighted by Gasteiger charge is 2.18. The van der Waals surface area contributed by atoms with Crippen LogP contribution in [0.1, 0.15) is 5.56 Å². The lowest BCUT2D eigenvalue weighted by atomic mass is 10.2. The Balaban J connectivity index is 1.66. The molecule has 0 saturated carbocycles. The Hall–Kier alpha value is -3.43. The zero-order valence-electron chi connectivity index (χ0n) is 18.9. The molecule has 3 aromatic carbocycles. The van der Waals surface area contributed by atoms with Crippen molar-refractivity contribution in [1.82, 2.24) is 0 Å². The Kier molecular flexibility index (Phi) is 8.25. The Morgan fingerprint density at radius 1 is 0.971 bits per heavy atom. The van der Waals surface area contributed by atoms with Gasteiger partial charge in [-0.2, -0.15) is 0 Å². The molecule has 0 aliphatic carbocycles. The summed E-state index contributed by atoms with van der Waals surface area (Å²) in [5.74, 6) is 0.754. The minimum absolute atomic E-state index is 0.203. The summed E-state index contributed by atoms with van der Waals surface area (Å²) >= 11 is 6.08. The molecule has 180 valence electrons. The number of halogens is 1. The van der Waals surface area contributed by atoms with Crippen LogP contribution in [-0.4, -0.2) is 41.4 Å². The van der Waals surface area contributed by atoms with Gasteiger partial charge in [-0.15, -0.1) is 0 Å². The van der Waals surface area contributed by atoms with Gasteiger partial charge in [0, 0.05) is 12.1 Å². The highest BCUT2D eigenvalue weighted by Crippen LogP contribution is 2.35. The number of ether oxygens (including phenoxy) is 3. The fraction of sp³-hybridized carbons (Fsp3) is 0.208. The van der Waals surface area contributed by atoms with Crippen LogP contribution in [0.4, 0.5) is 11.4 Å². The standard InChI is InChI=1S/C24H25ClN2O6S/c1-31-22-14-21(23(32-2)13-20(22)25)26-24(28)16-33-19-11-9-18(10-12-19)27(34(3,29)30)15-17-7-5-4-6-8-17/h4-14H,15-16H2,1-3H3,(H,26,28). The van der Waals surface area contributed by atoms with Crippen LogP contribution < -0.4 is 23.8 Å². The largest absolute Gasteiger partial charge is 0.495 e. The number of rotatable bonds is 10. The third kappa shape index (κ3) is 6.55. The van der Waals surface area contributed by atoms with Crippen LogP contribution in [0.25, 0.3) is 0 Å². The SMILES string of the molecule is COc1cc(NC(=O)COc2ccc(N(Cc3ccccc3)S(C)(=O)=O)cc2)c(OC)cc1Cl. The van der Waals surface area contributed by atoms with Gasteiger partial charge in [0.2, 0.25) is 10.0 Å². The minimum atomic E-state index is -3.51. The lowest BCUT2D eigenvalue weighted by Gasteiger charge is -2.22. The average molecular weight is 505 g/mol. The molecular formula is C24H25ClN2O6S. The van der Waals surface area contributed by atoms with Gasteiger partial charge in [-0.1, -0.05) is 41.9 Å². The first-order valence-corrected chi connectivity index (χ1v) is 12.4. The molecule has 3 aromatic rings. The average Bonchev–Trinajstić information content (AvgIpc) is 2.82. The Labute approximate surface area is 204 Å². The molecule has 34 heavy (non-hydrogen) atoms. The molecule has 10 heteroatoms. The summed E-state index contributed by atoms with van der Waals surface area (Å²) in [5.41, 5.74) is 1.73. The number of nitrogens with one attached hydrogen (secondary N) is 1. The Bertz CT molecular complexity index is 1230. The summed E-state index contributed by atoms with van der Waals surface area (Å²) in [5, 5.41) is 3.05. The molecule has 1 N–H and O–H groups in total. The zero-order valence-corrected chi connectivity index (χ0v) is 20.5. The summed E-state index contributed by atoms with van der Waals surface area (Å²) in [6.07, 6.45) is 1.16. The first-order chi connectivity index (χ1) is 16.2. The number of methoxy groups -OCH3 is 2. The lowest BCUT2D eigenvalue weighted by molar-refractivity contribution is -0.118. The van der Waals surface area contributed by atoms with Crippen molar-refractivity contribution in [1.29, 1.82) is 0 Å². The molecule has 0 aliphatic rings. The molecule has 0 fully saturated rings. The number of carbonyl (C=O) groups excluding carboxylic acids is 1. The van der Waals surface area contributed by atoms with Crippen LogP contribution in [0.3, 0.4) is 0 Å². The van der Waals surface area contributed by atoms with Gasteiger partial charge in [0.25, 0.3) is 5.91 Å². The molecule has 0 heterocycles. The first-order valence-electron chi connectivity index (χ1n) is 10.2. The molecule has 0 aromatic heterocycles. The van der Waals surface area contributed by atoms with Crippen molar-refractivity contribution in [2.45, 2.75) is 6.54 Å². The van der Waals surface area contributed by atoms with E-state index in [2.05, 4.69) is 5.32 Å². The normalized spacial score (nSPS) is 10.9. The van der Waals surface area contributed by atoms with Crippen molar-refractivity contribution >= 4 is 38.9 Å². The fourth-order valence-corrected chi connectivity index (χ4v) is 4.27. The maximum Gasteiger partial charge on any atom is 0.262 e. The van der Waals surface area contributed by atoms with Gasteiger partial charge in [0.05, 0.1) is 43.4 Å². The van der Waals surface area contributed by atoms with Gasteiger partial charge >= 0.3 is 0 Å². The second-order valence-corrected chi connectivity index (χ2v) is 9.59. The number of nitrogens with zero attached hydrogens (tertiary/aromatic N) is 1. The molecule has 0 unspecified atom stereocenters. The second kappa shape index (κ2) is 11.1. The summed E-state index contributed by atoms with van der Waals surface area (Å²) < 4.78 is 42.0. The number of sulfonamides is 1. The molecule has 8 nitrogen and oxygen atoms in total. The predicted octanol–water partition coefficient (Wildman–Crippen LogP) is 4.34. The fourth-order valence-electron chi connectivity index (χ4n) is 3.15. The van der Waals surface area contributed by atoms with E-state index in [4.69, 9.17) is 25.8 Å². The monoisotopic (exact) mass is 504 g/mol. The minimum Gasteiger partial charge on any atom is -0.495 e. The summed E-state index contributed by atoms with van der Waals surface area (Å²) in [4.78, 5) is 12.4. The van der Waals surface area contributed by atoms with Crippen molar-refractivity contribution in [2.24, 2.45) is 0 Å². The van der Waals surface area contributed by atoms with Gasteiger partial charge in [-0.3, -0.25) is 9.10 Å². The van der Waals surface area contributed by atoms with Crippen LogP contribution >= 0.6 is 11.6 Å². The highest BCUT2D eigenvalue weighted by molar-refractivity contribution is 7.92. The van der Waals surface area contributed by atoms with E-state index in [-0.39, 0.29) is 13.2 Å². The number of anilines is 2. The van der Waals surface area contributed by atoms with Crippen LogP contribution in [0.2, 0.25) is 5.02 Å². The number of hydrogen-bond acceptors (Lipinski definition) is 6. The second-order valence-electron chi connectivity index (χ2n) is 7.27. The predicted molar refractivity (Wildman–Crippen MR) is 133 cm³/mol. The Morgan fingerprint density at radius 2 is 1.62 bits per heavy atom. The quantitative estimate of drug-likeness (QED) is 0.441. The molecule has 0 aliphatic heterocycles.